The summed E-state index contributed by atoms with van der Waals surface area (Å²) >= 11 is 0. The number of benzene rings is 1. The first-order chi connectivity index (χ1) is 13.9. The molecule has 8 nitrogen and oxygen atoms in total. The predicted molar refractivity (Wildman–Crippen MR) is 103 cm³/mol. The zero-order chi connectivity index (χ0) is 20.5. The number of fused-ring (bicyclic) bond motifs is 1. The van der Waals surface area contributed by atoms with E-state index in [2.05, 4.69) is 15.1 Å². The Hall–Kier alpha value is -4.01. The van der Waals surface area contributed by atoms with Gasteiger partial charge in [0.25, 0.3) is 0 Å². The number of carboxylic acids is 1. The number of hydrogen-bond acceptors (Lipinski definition) is 6. The molecule has 0 bridgehead atoms. The van der Waals surface area contributed by atoms with Crippen LogP contribution in [0.25, 0.3) is 16.6 Å². The lowest BCUT2D eigenvalue weighted by molar-refractivity contribution is 0.0689. The molecule has 0 saturated heterocycles. The first-order valence-electron chi connectivity index (χ1n) is 8.69. The highest BCUT2D eigenvalue weighted by Crippen LogP contribution is 2.31. The van der Waals surface area contributed by atoms with Crippen molar-refractivity contribution < 1.29 is 19.0 Å². The minimum absolute atomic E-state index is 0.127. The molecular formula is C20H16FN5O3. The summed E-state index contributed by atoms with van der Waals surface area (Å²) in [7, 11) is 0. The van der Waals surface area contributed by atoms with Crippen LogP contribution in [0.1, 0.15) is 29.2 Å². The average molecular weight is 393 g/mol. The number of aromatic carboxylic acids is 1. The molecule has 1 aromatic carbocycles. The van der Waals surface area contributed by atoms with Gasteiger partial charge in [-0.3, -0.25) is 0 Å². The highest BCUT2D eigenvalue weighted by molar-refractivity contribution is 5.85. The number of hydrogen-bond donors (Lipinski definition) is 2. The van der Waals surface area contributed by atoms with Crippen LogP contribution in [0.5, 0.6) is 5.75 Å². The number of nitrogen functional groups attached to an aromatic ring is 1. The highest BCUT2D eigenvalue weighted by Gasteiger charge is 2.20. The standard InChI is InChI=1S/C20H16FN5O3/c1-11(29-17-10-12-9-13(21)3-4-14(12)25-19(17)22)18-16(26-8-2-7-23-26)6-5-15(24-18)20(27)28/h2-11H,1H3,(H2,22,25)(H,27,28)/t11-/m0/s1. The number of halogens is 1. The van der Waals surface area contributed by atoms with Gasteiger partial charge in [-0.25, -0.2) is 23.8 Å². The molecule has 0 unspecified atom stereocenters. The molecule has 146 valence electrons. The van der Waals surface area contributed by atoms with Crippen molar-refractivity contribution in [2.45, 2.75) is 13.0 Å². The number of pyridine rings is 2. The smallest absolute Gasteiger partial charge is 0.354 e. The monoisotopic (exact) mass is 393 g/mol. The van der Waals surface area contributed by atoms with Crippen molar-refractivity contribution in [1.29, 1.82) is 0 Å². The Morgan fingerprint density at radius 2 is 2.07 bits per heavy atom. The quantitative estimate of drug-likeness (QED) is 0.534. The molecule has 0 spiro atoms. The summed E-state index contributed by atoms with van der Waals surface area (Å²) in [5.74, 6) is -1.19. The van der Waals surface area contributed by atoms with Crippen LogP contribution < -0.4 is 10.5 Å². The number of aromatic nitrogens is 4. The molecule has 4 aromatic rings. The zero-order valence-corrected chi connectivity index (χ0v) is 15.3. The molecule has 3 heterocycles. The minimum atomic E-state index is -1.16. The maximum Gasteiger partial charge on any atom is 0.354 e. The summed E-state index contributed by atoms with van der Waals surface area (Å²) < 4.78 is 21.1. The Morgan fingerprint density at radius 1 is 1.24 bits per heavy atom. The molecule has 0 aliphatic heterocycles. The van der Waals surface area contributed by atoms with Gasteiger partial charge in [0, 0.05) is 17.8 Å². The molecule has 0 aliphatic rings. The van der Waals surface area contributed by atoms with Gasteiger partial charge >= 0.3 is 5.97 Å². The summed E-state index contributed by atoms with van der Waals surface area (Å²) in [6.45, 7) is 1.70. The molecule has 0 aliphatic carbocycles. The van der Waals surface area contributed by atoms with Gasteiger partial charge in [0.15, 0.2) is 11.6 Å². The molecule has 29 heavy (non-hydrogen) atoms. The van der Waals surface area contributed by atoms with Crippen molar-refractivity contribution in [3.63, 3.8) is 0 Å². The van der Waals surface area contributed by atoms with E-state index in [0.717, 1.165) is 0 Å². The van der Waals surface area contributed by atoms with E-state index in [-0.39, 0.29) is 17.3 Å². The lowest BCUT2D eigenvalue weighted by Gasteiger charge is -2.19. The van der Waals surface area contributed by atoms with Crippen molar-refractivity contribution in [2.75, 3.05) is 5.73 Å². The van der Waals surface area contributed by atoms with Crippen LogP contribution in [0, 0.1) is 5.82 Å². The van der Waals surface area contributed by atoms with Gasteiger partial charge in [0.2, 0.25) is 0 Å². The molecule has 3 N–H and O–H groups in total. The van der Waals surface area contributed by atoms with Gasteiger partial charge in [-0.2, -0.15) is 5.10 Å². The van der Waals surface area contributed by atoms with Crippen LogP contribution in [-0.4, -0.2) is 30.8 Å². The first-order valence-corrected chi connectivity index (χ1v) is 8.69. The maximum absolute atomic E-state index is 13.6. The molecule has 9 heteroatoms. The van der Waals surface area contributed by atoms with E-state index >= 15 is 0 Å². The van der Waals surface area contributed by atoms with E-state index < -0.39 is 17.9 Å². The Kier molecular flexibility index (Phi) is 4.55. The number of carboxylic acid groups (broad SMARTS) is 1. The fourth-order valence-electron chi connectivity index (χ4n) is 2.97. The van der Waals surface area contributed by atoms with Crippen LogP contribution in [0.2, 0.25) is 0 Å². The largest absolute Gasteiger partial charge is 0.480 e. The van der Waals surface area contributed by atoms with Gasteiger partial charge in [-0.05, 0) is 49.4 Å². The van der Waals surface area contributed by atoms with Crippen molar-refractivity contribution in [3.05, 3.63) is 72.1 Å². The number of carbonyl (C=O) groups is 1. The van der Waals surface area contributed by atoms with Gasteiger partial charge in [0.1, 0.15) is 23.3 Å². The lowest BCUT2D eigenvalue weighted by atomic mass is 10.1. The molecule has 1 atom stereocenters. The fourth-order valence-corrected chi connectivity index (χ4v) is 2.97. The number of anilines is 1. The fraction of sp³-hybridized carbons (Fsp3) is 0.100. The SMILES string of the molecule is C[C@H](Oc1cc2cc(F)ccc2nc1N)c1nc(C(=O)O)ccc1-n1cccn1. The van der Waals surface area contributed by atoms with Crippen molar-refractivity contribution in [2.24, 2.45) is 0 Å². The van der Waals surface area contributed by atoms with E-state index in [1.807, 2.05) is 0 Å². The maximum atomic E-state index is 13.6. The highest BCUT2D eigenvalue weighted by atomic mass is 19.1. The van der Waals surface area contributed by atoms with Gasteiger partial charge in [-0.15, -0.1) is 0 Å². The molecule has 3 aromatic heterocycles. The average Bonchev–Trinajstić information content (AvgIpc) is 3.23. The second-order valence-electron chi connectivity index (χ2n) is 6.33. The Morgan fingerprint density at radius 3 is 2.79 bits per heavy atom. The van der Waals surface area contributed by atoms with Crippen LogP contribution in [-0.2, 0) is 0 Å². The van der Waals surface area contributed by atoms with E-state index in [1.54, 1.807) is 42.2 Å². The van der Waals surface area contributed by atoms with Crippen molar-refractivity contribution in [3.8, 4) is 11.4 Å². The van der Waals surface area contributed by atoms with Gasteiger partial charge < -0.3 is 15.6 Å². The lowest BCUT2D eigenvalue weighted by Crippen LogP contribution is -2.14. The van der Waals surface area contributed by atoms with Gasteiger partial charge in [-0.1, -0.05) is 0 Å². The second kappa shape index (κ2) is 7.19. The van der Waals surface area contributed by atoms with E-state index in [0.29, 0.717) is 22.3 Å². The summed E-state index contributed by atoms with van der Waals surface area (Å²) in [6, 6.07) is 10.5. The third kappa shape index (κ3) is 3.57. The van der Waals surface area contributed by atoms with Crippen LogP contribution >= 0.6 is 0 Å². The Labute approximate surface area is 164 Å². The van der Waals surface area contributed by atoms with E-state index in [4.69, 9.17) is 10.5 Å². The third-order valence-electron chi connectivity index (χ3n) is 4.33. The third-order valence-corrected chi connectivity index (χ3v) is 4.33. The molecule has 0 radical (unpaired) electrons. The summed E-state index contributed by atoms with van der Waals surface area (Å²) in [4.78, 5) is 19.8. The molecule has 0 fully saturated rings. The summed E-state index contributed by atoms with van der Waals surface area (Å²) in [6.07, 6.45) is 2.62. The van der Waals surface area contributed by atoms with Crippen molar-refractivity contribution in [1.82, 2.24) is 19.7 Å². The van der Waals surface area contributed by atoms with Crippen LogP contribution in [0.3, 0.4) is 0 Å². The molecule has 0 amide bonds. The number of ether oxygens (including phenoxy) is 1. The minimum Gasteiger partial charge on any atom is -0.480 e. The normalized spacial score (nSPS) is 12.1. The Bertz CT molecular complexity index is 1210. The molecular weight excluding hydrogens is 377 g/mol. The van der Waals surface area contributed by atoms with E-state index in [1.165, 1.54) is 24.3 Å². The molecule has 0 saturated carbocycles. The number of rotatable bonds is 5. The van der Waals surface area contributed by atoms with Gasteiger partial charge in [0.05, 0.1) is 11.2 Å². The summed E-state index contributed by atoms with van der Waals surface area (Å²) in [5, 5.41) is 14.0. The van der Waals surface area contributed by atoms with Crippen LogP contribution in [0.15, 0.2) is 54.9 Å². The predicted octanol–water partition coefficient (Wildman–Crippen LogP) is 3.38. The van der Waals surface area contributed by atoms with Crippen LogP contribution in [0.4, 0.5) is 10.2 Å². The summed E-state index contributed by atoms with van der Waals surface area (Å²) in [5.41, 5.74) is 7.32. The Balaban J connectivity index is 1.75. The first kappa shape index (κ1) is 18.4. The topological polar surface area (TPSA) is 116 Å². The number of nitrogens with two attached hydrogens (primary N) is 1. The zero-order valence-electron chi connectivity index (χ0n) is 15.3. The van der Waals surface area contributed by atoms with E-state index in [9.17, 15) is 14.3 Å². The second-order valence-corrected chi connectivity index (χ2v) is 6.33. The molecule has 4 rings (SSSR count). The van der Waals surface area contributed by atoms with Crippen molar-refractivity contribution >= 4 is 22.7 Å². The number of nitrogens with zero attached hydrogens (tertiary/aromatic N) is 4.